The number of hydrogen-bond acceptors (Lipinski definition) is 6. The largest absolute Gasteiger partial charge is 0.462 e. The Morgan fingerprint density at radius 3 is 2.48 bits per heavy atom. The number of carbonyl (C=O) groups is 1. The summed E-state index contributed by atoms with van der Waals surface area (Å²) < 4.78 is 15.8. The minimum Gasteiger partial charge on any atom is -0.462 e. The fourth-order valence-electron chi connectivity index (χ4n) is 1.90. The van der Waals surface area contributed by atoms with E-state index in [2.05, 4.69) is 5.92 Å². The predicted octanol–water partition coefficient (Wildman–Crippen LogP) is 0.308. The smallest absolute Gasteiger partial charge is 0.311 e. The van der Waals surface area contributed by atoms with Crippen LogP contribution in [0.25, 0.3) is 0 Å². The molecule has 21 heavy (non-hydrogen) atoms. The highest BCUT2D eigenvalue weighted by Gasteiger charge is 2.43. The van der Waals surface area contributed by atoms with Crippen molar-refractivity contribution in [3.8, 4) is 12.3 Å². The van der Waals surface area contributed by atoms with Crippen molar-refractivity contribution in [1.82, 2.24) is 0 Å². The second-order valence-electron chi connectivity index (χ2n) is 6.25. The first-order valence-electron chi connectivity index (χ1n) is 6.92. The van der Waals surface area contributed by atoms with Gasteiger partial charge in [-0.25, -0.2) is 0 Å². The maximum atomic E-state index is 11.7. The zero-order valence-electron chi connectivity index (χ0n) is 12.9. The first-order valence-corrected chi connectivity index (χ1v) is 6.92. The van der Waals surface area contributed by atoms with Gasteiger partial charge in [-0.05, 0) is 20.8 Å². The molecule has 6 nitrogen and oxygen atoms in total. The fraction of sp³-hybridized carbons (Fsp3) is 0.800. The van der Waals surface area contributed by atoms with Gasteiger partial charge in [-0.1, -0.05) is 12.8 Å². The number of esters is 1. The average molecular weight is 300 g/mol. The molecule has 0 saturated carbocycles. The quantitative estimate of drug-likeness (QED) is 0.574. The Kier molecular flexibility index (Phi) is 6.17. The zero-order valence-corrected chi connectivity index (χ0v) is 12.9. The van der Waals surface area contributed by atoms with Gasteiger partial charge in [-0.3, -0.25) is 4.79 Å². The van der Waals surface area contributed by atoms with E-state index in [9.17, 15) is 15.0 Å². The Balaban J connectivity index is 2.64. The Bertz CT molecular complexity index is 394. The van der Waals surface area contributed by atoms with Crippen molar-refractivity contribution in [3.05, 3.63) is 0 Å². The van der Waals surface area contributed by atoms with Crippen LogP contribution in [-0.2, 0) is 19.0 Å². The number of ether oxygens (including phenoxy) is 3. The predicted molar refractivity (Wildman–Crippen MR) is 75.0 cm³/mol. The third-order valence-corrected chi connectivity index (χ3v) is 3.37. The molecule has 0 amide bonds. The van der Waals surface area contributed by atoms with Crippen molar-refractivity contribution in [2.45, 2.75) is 52.3 Å². The van der Waals surface area contributed by atoms with Crippen molar-refractivity contribution in [3.63, 3.8) is 0 Å². The molecule has 1 saturated heterocycles. The van der Waals surface area contributed by atoms with E-state index in [4.69, 9.17) is 20.6 Å². The highest BCUT2D eigenvalue weighted by atomic mass is 16.7. The third kappa shape index (κ3) is 4.68. The van der Waals surface area contributed by atoms with Gasteiger partial charge in [-0.2, -0.15) is 0 Å². The Hall–Kier alpha value is -1.13. The van der Waals surface area contributed by atoms with Crippen molar-refractivity contribution >= 4 is 5.97 Å². The van der Waals surface area contributed by atoms with E-state index >= 15 is 0 Å². The molecule has 120 valence electrons. The van der Waals surface area contributed by atoms with Crippen LogP contribution in [0.2, 0.25) is 0 Å². The summed E-state index contributed by atoms with van der Waals surface area (Å²) in [5, 5.41) is 20.1. The highest BCUT2D eigenvalue weighted by Crippen LogP contribution is 2.27. The lowest BCUT2D eigenvalue weighted by atomic mass is 9.91. The first kappa shape index (κ1) is 17.9. The number of carbonyl (C=O) groups excluding carboxylic acids is 1. The third-order valence-electron chi connectivity index (χ3n) is 3.37. The summed E-state index contributed by atoms with van der Waals surface area (Å²) in [4.78, 5) is 11.7. The molecule has 1 rings (SSSR count). The van der Waals surface area contributed by atoms with Gasteiger partial charge in [0.25, 0.3) is 0 Å². The van der Waals surface area contributed by atoms with Crippen molar-refractivity contribution < 1.29 is 29.2 Å². The monoisotopic (exact) mass is 300 g/mol. The molecule has 0 aromatic rings. The lowest BCUT2D eigenvalue weighted by molar-refractivity contribution is -0.285. The van der Waals surface area contributed by atoms with Crippen molar-refractivity contribution in [1.29, 1.82) is 0 Å². The molecule has 0 spiro atoms. The molecule has 0 bridgehead atoms. The molecule has 2 unspecified atom stereocenters. The zero-order chi connectivity index (χ0) is 16.2. The van der Waals surface area contributed by atoms with Crippen LogP contribution in [0, 0.1) is 23.7 Å². The van der Waals surface area contributed by atoms with Crippen LogP contribution in [-0.4, -0.2) is 54.0 Å². The van der Waals surface area contributed by atoms with Gasteiger partial charge in [-0.15, -0.1) is 6.42 Å². The van der Waals surface area contributed by atoms with Crippen LogP contribution in [0.4, 0.5) is 0 Å². The van der Waals surface area contributed by atoms with Crippen LogP contribution in [0.15, 0.2) is 0 Å². The second-order valence-corrected chi connectivity index (χ2v) is 6.25. The number of terminal acetylenes is 1. The van der Waals surface area contributed by atoms with E-state index < -0.39 is 41.9 Å². The molecule has 0 aromatic carbocycles. The SMILES string of the molecule is C#CCO[C@@H]1OC(COC(=O)C(C)(C)C)[C@@H](O)[C@H](C)C1O. The van der Waals surface area contributed by atoms with Crippen molar-refractivity contribution in [2.24, 2.45) is 11.3 Å². The van der Waals surface area contributed by atoms with Crippen LogP contribution < -0.4 is 0 Å². The Morgan fingerprint density at radius 1 is 1.33 bits per heavy atom. The summed E-state index contributed by atoms with van der Waals surface area (Å²) >= 11 is 0. The van der Waals surface area contributed by atoms with Gasteiger partial charge < -0.3 is 24.4 Å². The normalized spacial score (nSPS) is 33.3. The molecule has 0 radical (unpaired) electrons. The van der Waals surface area contributed by atoms with Gasteiger partial charge in [0.05, 0.1) is 11.5 Å². The Morgan fingerprint density at radius 2 is 1.95 bits per heavy atom. The lowest BCUT2D eigenvalue weighted by Crippen LogP contribution is -2.55. The minimum atomic E-state index is -0.997. The molecule has 6 heteroatoms. The van der Waals surface area contributed by atoms with E-state index in [-0.39, 0.29) is 13.2 Å². The molecular weight excluding hydrogens is 276 g/mol. The first-order chi connectivity index (χ1) is 9.68. The maximum absolute atomic E-state index is 11.7. The van der Waals surface area contributed by atoms with Crippen LogP contribution in [0.3, 0.4) is 0 Å². The fourth-order valence-corrected chi connectivity index (χ4v) is 1.90. The number of rotatable bonds is 4. The molecule has 0 aliphatic carbocycles. The second kappa shape index (κ2) is 7.23. The maximum Gasteiger partial charge on any atom is 0.311 e. The van der Waals surface area contributed by atoms with E-state index in [0.717, 1.165) is 0 Å². The molecule has 1 aliphatic rings. The Labute approximate surface area is 125 Å². The molecule has 1 heterocycles. The van der Waals surface area contributed by atoms with E-state index in [1.807, 2.05) is 0 Å². The van der Waals surface area contributed by atoms with Gasteiger partial charge in [0.15, 0.2) is 6.29 Å². The molecule has 5 atom stereocenters. The summed E-state index contributed by atoms with van der Waals surface area (Å²) in [6.45, 7) is 6.75. The summed E-state index contributed by atoms with van der Waals surface area (Å²) in [6, 6.07) is 0. The number of aliphatic hydroxyl groups is 2. The molecule has 2 N–H and O–H groups in total. The summed E-state index contributed by atoms with van der Waals surface area (Å²) in [5.41, 5.74) is -0.635. The molecular formula is C15H24O6. The molecule has 1 fully saturated rings. The van der Waals surface area contributed by atoms with E-state index in [1.165, 1.54) is 0 Å². The lowest BCUT2D eigenvalue weighted by Gasteiger charge is -2.40. The van der Waals surface area contributed by atoms with Crippen molar-refractivity contribution in [2.75, 3.05) is 13.2 Å². The molecule has 1 aliphatic heterocycles. The summed E-state index contributed by atoms with van der Waals surface area (Å²) in [5.74, 6) is 1.41. The summed E-state index contributed by atoms with van der Waals surface area (Å²) in [7, 11) is 0. The van der Waals surface area contributed by atoms with Crippen LogP contribution in [0.5, 0.6) is 0 Å². The molecule has 0 aromatic heterocycles. The van der Waals surface area contributed by atoms with Crippen LogP contribution in [0.1, 0.15) is 27.7 Å². The van der Waals surface area contributed by atoms with Gasteiger partial charge in [0.2, 0.25) is 0 Å². The van der Waals surface area contributed by atoms with Gasteiger partial charge >= 0.3 is 5.97 Å². The van der Waals surface area contributed by atoms with E-state index in [1.54, 1.807) is 27.7 Å². The highest BCUT2D eigenvalue weighted by molar-refractivity contribution is 5.75. The van der Waals surface area contributed by atoms with Crippen LogP contribution >= 0.6 is 0 Å². The minimum absolute atomic E-state index is 0.0148. The topological polar surface area (TPSA) is 85.2 Å². The average Bonchev–Trinajstić information content (AvgIpc) is 2.41. The summed E-state index contributed by atoms with van der Waals surface area (Å²) in [6.07, 6.45) is 1.43. The standard InChI is InChI=1S/C15H24O6/c1-6-7-19-13-12(17)9(2)11(16)10(21-13)8-20-14(18)15(3,4)5/h1,9-13,16-17H,7-8H2,2-5H3/t9-,10?,11-,12?,13+/m0/s1. The van der Waals surface area contributed by atoms with Gasteiger partial charge in [0, 0.05) is 5.92 Å². The van der Waals surface area contributed by atoms with Gasteiger partial charge in [0.1, 0.15) is 25.4 Å². The number of aliphatic hydroxyl groups excluding tert-OH is 2. The van der Waals surface area contributed by atoms with E-state index in [0.29, 0.717) is 0 Å². The number of hydrogen-bond donors (Lipinski definition) is 2.